The number of halogens is 3. The molecule has 1 heterocycles. The van der Waals surface area contributed by atoms with Gasteiger partial charge in [0.25, 0.3) is 5.91 Å². The summed E-state index contributed by atoms with van der Waals surface area (Å²) < 4.78 is 28.1. The molecule has 1 saturated heterocycles. The van der Waals surface area contributed by atoms with Crippen molar-refractivity contribution in [2.24, 2.45) is 0 Å². The Kier molecular flexibility index (Phi) is 6.59. The molecule has 0 saturated carbocycles. The highest BCUT2D eigenvalue weighted by Crippen LogP contribution is 2.31. The standard InChI is InChI=1S/C15H16Cl3NO5S/c1-2-19(9-5-6-25(22,23)8-9)12(20)7-24-15(21)13-10(16)3-4-11(17)14(13)18/h3-4,9H,2,5-8H2,1H3/t9-/m1/s1. The molecule has 6 nitrogen and oxygen atoms in total. The van der Waals surface area contributed by atoms with Crippen molar-refractivity contribution < 1.29 is 22.7 Å². The second kappa shape index (κ2) is 8.12. The van der Waals surface area contributed by atoms with E-state index in [0.29, 0.717) is 13.0 Å². The molecule has 1 fully saturated rings. The molecule has 25 heavy (non-hydrogen) atoms. The quantitative estimate of drug-likeness (QED) is 0.532. The summed E-state index contributed by atoms with van der Waals surface area (Å²) in [6.07, 6.45) is 0.377. The van der Waals surface area contributed by atoms with Crippen molar-refractivity contribution >= 4 is 56.5 Å². The SMILES string of the molecule is CCN(C(=O)COC(=O)c1c(Cl)ccc(Cl)c1Cl)[C@@H]1CCS(=O)(=O)C1. The van der Waals surface area contributed by atoms with Crippen molar-refractivity contribution in [2.75, 3.05) is 24.7 Å². The van der Waals surface area contributed by atoms with Crippen LogP contribution in [0, 0.1) is 0 Å². The zero-order chi connectivity index (χ0) is 18.8. The molecule has 0 spiro atoms. The number of carbonyl (C=O) groups excluding carboxylic acids is 2. The van der Waals surface area contributed by atoms with Gasteiger partial charge in [-0.05, 0) is 25.5 Å². The van der Waals surface area contributed by atoms with Crippen LogP contribution in [0.1, 0.15) is 23.7 Å². The molecule has 0 N–H and O–H groups in total. The molecule has 0 unspecified atom stereocenters. The topological polar surface area (TPSA) is 80.8 Å². The maximum atomic E-state index is 12.3. The van der Waals surface area contributed by atoms with E-state index in [1.165, 1.54) is 17.0 Å². The Balaban J connectivity index is 2.04. The number of nitrogens with zero attached hydrogens (tertiary/aromatic N) is 1. The maximum Gasteiger partial charge on any atom is 0.341 e. The fourth-order valence-electron chi connectivity index (χ4n) is 2.66. The highest BCUT2D eigenvalue weighted by molar-refractivity contribution is 7.91. The second-order valence-electron chi connectivity index (χ2n) is 5.53. The van der Waals surface area contributed by atoms with Crippen molar-refractivity contribution in [1.29, 1.82) is 0 Å². The normalized spacial score (nSPS) is 18.8. The maximum absolute atomic E-state index is 12.3. The Bertz CT molecular complexity index is 797. The number of amides is 1. The number of hydrogen-bond acceptors (Lipinski definition) is 5. The van der Waals surface area contributed by atoms with Gasteiger partial charge in [0.1, 0.15) is 0 Å². The van der Waals surface area contributed by atoms with Crippen LogP contribution in [0.25, 0.3) is 0 Å². The van der Waals surface area contributed by atoms with Gasteiger partial charge < -0.3 is 9.64 Å². The van der Waals surface area contributed by atoms with E-state index in [4.69, 9.17) is 39.5 Å². The van der Waals surface area contributed by atoms with Crippen LogP contribution in [0.2, 0.25) is 15.1 Å². The summed E-state index contributed by atoms with van der Waals surface area (Å²) >= 11 is 17.7. The summed E-state index contributed by atoms with van der Waals surface area (Å²) in [4.78, 5) is 25.9. The van der Waals surface area contributed by atoms with Crippen molar-refractivity contribution in [3.8, 4) is 0 Å². The van der Waals surface area contributed by atoms with Crippen LogP contribution >= 0.6 is 34.8 Å². The highest BCUT2D eigenvalue weighted by Gasteiger charge is 2.34. The van der Waals surface area contributed by atoms with Crippen molar-refractivity contribution in [3.63, 3.8) is 0 Å². The first kappa shape index (κ1) is 20.3. The van der Waals surface area contributed by atoms with Crippen molar-refractivity contribution in [2.45, 2.75) is 19.4 Å². The first-order valence-electron chi connectivity index (χ1n) is 7.46. The third kappa shape index (κ3) is 4.78. The van der Waals surface area contributed by atoms with Crippen molar-refractivity contribution in [1.82, 2.24) is 4.90 Å². The van der Waals surface area contributed by atoms with Crippen LogP contribution in [0.5, 0.6) is 0 Å². The first-order valence-corrected chi connectivity index (χ1v) is 10.4. The predicted molar refractivity (Wildman–Crippen MR) is 96.2 cm³/mol. The Labute approximate surface area is 160 Å². The van der Waals surface area contributed by atoms with Gasteiger partial charge in [0.2, 0.25) is 0 Å². The van der Waals surface area contributed by atoms with Gasteiger partial charge in [0.05, 0.1) is 32.1 Å². The van der Waals surface area contributed by atoms with Crippen molar-refractivity contribution in [3.05, 3.63) is 32.8 Å². The molecule has 1 aromatic carbocycles. The van der Waals surface area contributed by atoms with E-state index in [0.717, 1.165) is 0 Å². The van der Waals surface area contributed by atoms with E-state index < -0.39 is 34.4 Å². The molecule has 1 aliphatic rings. The van der Waals surface area contributed by atoms with Crippen LogP contribution in [0.15, 0.2) is 12.1 Å². The van der Waals surface area contributed by atoms with Gasteiger partial charge in [-0.25, -0.2) is 13.2 Å². The molecule has 0 bridgehead atoms. The number of hydrogen-bond donors (Lipinski definition) is 0. The average molecular weight is 429 g/mol. The van der Waals surface area contributed by atoms with Gasteiger partial charge in [-0.2, -0.15) is 0 Å². The molecule has 0 aliphatic carbocycles. The average Bonchev–Trinajstić information content (AvgIpc) is 2.90. The Hall–Kier alpha value is -1.02. The minimum absolute atomic E-state index is 0.0506. The number of ether oxygens (including phenoxy) is 1. The lowest BCUT2D eigenvalue weighted by Crippen LogP contribution is -2.43. The minimum Gasteiger partial charge on any atom is -0.452 e. The van der Waals surface area contributed by atoms with Gasteiger partial charge in [-0.1, -0.05) is 34.8 Å². The van der Waals surface area contributed by atoms with E-state index >= 15 is 0 Å². The number of likely N-dealkylation sites (N-methyl/N-ethyl adjacent to an activating group) is 1. The molecule has 1 amide bonds. The zero-order valence-electron chi connectivity index (χ0n) is 13.3. The van der Waals surface area contributed by atoms with Gasteiger partial charge in [0, 0.05) is 12.6 Å². The summed E-state index contributed by atoms with van der Waals surface area (Å²) in [5.41, 5.74) is -0.116. The fraction of sp³-hybridized carbons (Fsp3) is 0.467. The molecular formula is C15H16Cl3NO5S. The number of carbonyl (C=O) groups is 2. The minimum atomic E-state index is -3.13. The fourth-order valence-corrected chi connectivity index (χ4v) is 5.07. The number of benzene rings is 1. The lowest BCUT2D eigenvalue weighted by Gasteiger charge is -2.26. The Morgan fingerprint density at radius 3 is 2.44 bits per heavy atom. The van der Waals surface area contributed by atoms with E-state index in [-0.39, 0.29) is 32.1 Å². The highest BCUT2D eigenvalue weighted by atomic mass is 35.5. The molecule has 1 aliphatic heterocycles. The van der Waals surface area contributed by atoms with E-state index in [1.807, 2.05) is 0 Å². The Morgan fingerprint density at radius 1 is 1.24 bits per heavy atom. The smallest absolute Gasteiger partial charge is 0.341 e. The van der Waals surface area contributed by atoms with Crippen LogP contribution in [0.4, 0.5) is 0 Å². The number of esters is 1. The third-order valence-electron chi connectivity index (χ3n) is 3.89. The van der Waals surface area contributed by atoms with E-state index in [9.17, 15) is 18.0 Å². The summed E-state index contributed by atoms with van der Waals surface area (Å²) in [7, 11) is -3.13. The largest absolute Gasteiger partial charge is 0.452 e. The molecule has 1 aromatic rings. The summed E-state index contributed by atoms with van der Waals surface area (Å²) in [6, 6.07) is 2.43. The van der Waals surface area contributed by atoms with E-state index in [1.54, 1.807) is 6.92 Å². The van der Waals surface area contributed by atoms with Gasteiger partial charge in [-0.15, -0.1) is 0 Å². The summed E-state index contributed by atoms with van der Waals surface area (Å²) in [5.74, 6) is -1.38. The summed E-state index contributed by atoms with van der Waals surface area (Å²) in [5, 5.41) is 0.137. The summed E-state index contributed by atoms with van der Waals surface area (Å²) in [6.45, 7) is 1.51. The predicted octanol–water partition coefficient (Wildman–Crippen LogP) is 2.84. The molecule has 1 atom stereocenters. The van der Waals surface area contributed by atoms with Gasteiger partial charge in [0.15, 0.2) is 16.4 Å². The van der Waals surface area contributed by atoms with E-state index in [2.05, 4.69) is 0 Å². The van der Waals surface area contributed by atoms with Crippen LogP contribution in [0.3, 0.4) is 0 Å². The second-order valence-corrected chi connectivity index (χ2v) is 8.95. The first-order chi connectivity index (χ1) is 11.7. The Morgan fingerprint density at radius 2 is 1.88 bits per heavy atom. The molecule has 0 aromatic heterocycles. The third-order valence-corrected chi connectivity index (χ3v) is 6.75. The van der Waals surface area contributed by atoms with Crippen LogP contribution in [-0.4, -0.2) is 55.9 Å². The number of sulfone groups is 1. The lowest BCUT2D eigenvalue weighted by molar-refractivity contribution is -0.136. The van der Waals surface area contributed by atoms with Crippen LogP contribution in [-0.2, 0) is 19.4 Å². The van der Waals surface area contributed by atoms with Crippen LogP contribution < -0.4 is 0 Å². The zero-order valence-corrected chi connectivity index (χ0v) is 16.4. The molecule has 0 radical (unpaired) electrons. The molecule has 2 rings (SSSR count). The lowest BCUT2D eigenvalue weighted by atomic mass is 10.2. The molecular weight excluding hydrogens is 413 g/mol. The van der Waals surface area contributed by atoms with Gasteiger partial charge in [-0.3, -0.25) is 4.79 Å². The van der Waals surface area contributed by atoms with Gasteiger partial charge >= 0.3 is 5.97 Å². The monoisotopic (exact) mass is 427 g/mol. The molecule has 138 valence electrons. The number of rotatable bonds is 5. The molecule has 10 heteroatoms.